The molecule has 17 heavy (non-hydrogen) atoms. The van der Waals surface area contributed by atoms with Gasteiger partial charge in [0.15, 0.2) is 5.78 Å². The number of nitrogens with zero attached hydrogens (tertiary/aromatic N) is 1. The van der Waals surface area contributed by atoms with E-state index in [-0.39, 0.29) is 5.78 Å². The highest BCUT2D eigenvalue weighted by molar-refractivity contribution is 7.12. The van der Waals surface area contributed by atoms with Crippen molar-refractivity contribution in [2.75, 3.05) is 7.11 Å². The minimum atomic E-state index is -0.710. The lowest BCUT2D eigenvalue weighted by atomic mass is 10.0. The smallest absolute Gasteiger partial charge is 0.195 e. The molecule has 0 aliphatic carbocycles. The van der Waals surface area contributed by atoms with Gasteiger partial charge < -0.3 is 4.74 Å². The van der Waals surface area contributed by atoms with Crippen LogP contribution in [-0.2, 0) is 0 Å². The number of carbonyl (C=O) groups excluding carboxylic acids is 1. The summed E-state index contributed by atoms with van der Waals surface area (Å²) in [4.78, 5) is 13.5. The van der Waals surface area contributed by atoms with E-state index in [0.717, 1.165) is 4.88 Å². The number of Topliss-reactive ketones (excluding diaryl/α,β-unsaturated/α-hetero) is 1. The molecule has 0 aliphatic heterocycles. The van der Waals surface area contributed by atoms with Crippen LogP contribution in [0.3, 0.4) is 0 Å². The van der Waals surface area contributed by atoms with E-state index in [4.69, 9.17) is 10.00 Å². The zero-order chi connectivity index (χ0) is 12.3. The van der Waals surface area contributed by atoms with Crippen LogP contribution in [0.15, 0.2) is 29.0 Å². The summed E-state index contributed by atoms with van der Waals surface area (Å²) in [6, 6.07) is 7.38. The van der Waals surface area contributed by atoms with Crippen LogP contribution in [0.5, 0.6) is 5.75 Å². The van der Waals surface area contributed by atoms with Crippen LogP contribution in [0.2, 0.25) is 0 Å². The molecular weight excluding hydrogens is 254 g/mol. The van der Waals surface area contributed by atoms with Crippen LogP contribution in [-0.4, -0.2) is 12.9 Å². The Bertz CT molecular complexity index is 551. The van der Waals surface area contributed by atoms with Crippen LogP contribution in [0.25, 0.3) is 0 Å². The third-order valence-electron chi connectivity index (χ3n) is 2.27. The van der Waals surface area contributed by atoms with Gasteiger partial charge in [-0.3, -0.25) is 4.79 Å². The van der Waals surface area contributed by atoms with Gasteiger partial charge in [-0.25, -0.2) is 0 Å². The average Bonchev–Trinajstić information content (AvgIpc) is 3.00. The topological polar surface area (TPSA) is 50.1 Å². The zero-order valence-electron chi connectivity index (χ0n) is 9.04. The molecule has 3 nitrogen and oxygen atoms in total. The number of hydrogen-bond donors (Lipinski definition) is 0. The fraction of sp³-hybridized carbons (Fsp3) is 0.167. The molecule has 2 heterocycles. The van der Waals surface area contributed by atoms with Crippen LogP contribution in [0.4, 0.5) is 0 Å². The fourth-order valence-electron chi connectivity index (χ4n) is 1.40. The van der Waals surface area contributed by atoms with Crippen molar-refractivity contribution in [1.29, 1.82) is 5.26 Å². The molecule has 2 rings (SSSR count). The minimum Gasteiger partial charge on any atom is -0.496 e. The van der Waals surface area contributed by atoms with E-state index in [1.807, 2.05) is 11.4 Å². The Hall–Kier alpha value is -1.64. The molecule has 0 fully saturated rings. The molecule has 5 heteroatoms. The lowest BCUT2D eigenvalue weighted by Gasteiger charge is -2.02. The Morgan fingerprint density at radius 2 is 2.35 bits per heavy atom. The summed E-state index contributed by atoms with van der Waals surface area (Å²) >= 11 is 2.72. The second-order valence-corrected chi connectivity index (χ2v) is 5.18. The second kappa shape index (κ2) is 5.13. The average molecular weight is 263 g/mol. The van der Waals surface area contributed by atoms with E-state index < -0.39 is 5.92 Å². The highest BCUT2D eigenvalue weighted by atomic mass is 32.1. The predicted molar refractivity (Wildman–Crippen MR) is 67.9 cm³/mol. The molecule has 2 aromatic heterocycles. The lowest BCUT2D eigenvalue weighted by molar-refractivity contribution is 0.0983. The number of ether oxygens (including phenoxy) is 1. The molecule has 0 radical (unpaired) electrons. The van der Waals surface area contributed by atoms with E-state index in [1.54, 1.807) is 24.6 Å². The van der Waals surface area contributed by atoms with Gasteiger partial charge in [-0.1, -0.05) is 6.07 Å². The highest BCUT2D eigenvalue weighted by Crippen LogP contribution is 2.29. The SMILES string of the molecule is COc1csc(C(=O)C(C#N)c2cccs2)c1. The van der Waals surface area contributed by atoms with Crippen molar-refractivity contribution in [1.82, 2.24) is 0 Å². The van der Waals surface area contributed by atoms with E-state index in [9.17, 15) is 4.79 Å². The molecule has 0 aliphatic rings. The summed E-state index contributed by atoms with van der Waals surface area (Å²) in [7, 11) is 1.55. The second-order valence-electron chi connectivity index (χ2n) is 3.29. The van der Waals surface area contributed by atoms with Crippen molar-refractivity contribution in [3.8, 4) is 11.8 Å². The maximum absolute atomic E-state index is 12.1. The van der Waals surface area contributed by atoms with Crippen molar-refractivity contribution in [3.63, 3.8) is 0 Å². The molecule has 86 valence electrons. The summed E-state index contributed by atoms with van der Waals surface area (Å²) in [6.07, 6.45) is 0. The number of rotatable bonds is 4. The number of nitriles is 1. The van der Waals surface area contributed by atoms with E-state index in [0.29, 0.717) is 10.6 Å². The first-order chi connectivity index (χ1) is 8.26. The van der Waals surface area contributed by atoms with E-state index >= 15 is 0 Å². The first-order valence-electron chi connectivity index (χ1n) is 4.86. The fourth-order valence-corrected chi connectivity index (χ4v) is 3.00. The molecule has 1 atom stereocenters. The normalized spacial score (nSPS) is 11.8. The third kappa shape index (κ3) is 2.38. The molecule has 0 aromatic carbocycles. The third-order valence-corrected chi connectivity index (χ3v) is 4.13. The minimum absolute atomic E-state index is 0.164. The zero-order valence-corrected chi connectivity index (χ0v) is 10.7. The number of hydrogen-bond acceptors (Lipinski definition) is 5. The molecule has 0 N–H and O–H groups in total. The Morgan fingerprint density at radius 3 is 2.88 bits per heavy atom. The van der Waals surface area contributed by atoms with Gasteiger partial charge in [0, 0.05) is 16.3 Å². The van der Waals surface area contributed by atoms with Gasteiger partial charge in [-0.15, -0.1) is 22.7 Å². The lowest BCUT2D eigenvalue weighted by Crippen LogP contribution is -2.08. The van der Waals surface area contributed by atoms with Crippen LogP contribution >= 0.6 is 22.7 Å². The highest BCUT2D eigenvalue weighted by Gasteiger charge is 2.24. The molecule has 0 saturated carbocycles. The van der Waals surface area contributed by atoms with Crippen LogP contribution in [0.1, 0.15) is 20.5 Å². The Kier molecular flexibility index (Phi) is 3.57. The van der Waals surface area contributed by atoms with E-state index in [1.165, 1.54) is 22.7 Å². The summed E-state index contributed by atoms with van der Waals surface area (Å²) in [5.41, 5.74) is 0. The molecular formula is C12H9NO2S2. The maximum Gasteiger partial charge on any atom is 0.195 e. The van der Waals surface area contributed by atoms with Crippen LogP contribution < -0.4 is 4.74 Å². The Morgan fingerprint density at radius 1 is 1.53 bits per heavy atom. The van der Waals surface area contributed by atoms with Gasteiger partial charge in [0.2, 0.25) is 0 Å². The Balaban J connectivity index is 2.27. The molecule has 1 unspecified atom stereocenters. The van der Waals surface area contributed by atoms with E-state index in [2.05, 4.69) is 6.07 Å². The van der Waals surface area contributed by atoms with Gasteiger partial charge in [-0.05, 0) is 11.4 Å². The molecule has 0 amide bonds. The summed E-state index contributed by atoms with van der Waals surface area (Å²) in [5.74, 6) is -0.220. The standard InChI is InChI=1S/C12H9NO2S2/c1-15-8-5-11(17-7-8)12(14)9(6-13)10-3-2-4-16-10/h2-5,7,9H,1H3. The van der Waals surface area contributed by atoms with Gasteiger partial charge in [0.05, 0.1) is 18.1 Å². The summed E-state index contributed by atoms with van der Waals surface area (Å²) < 4.78 is 5.03. The maximum atomic E-state index is 12.1. The summed E-state index contributed by atoms with van der Waals surface area (Å²) in [6.45, 7) is 0. The quantitative estimate of drug-likeness (QED) is 0.795. The monoisotopic (exact) mass is 263 g/mol. The molecule has 2 aromatic rings. The first kappa shape index (κ1) is 11.8. The number of methoxy groups -OCH3 is 1. The van der Waals surface area contributed by atoms with Crippen molar-refractivity contribution >= 4 is 28.5 Å². The number of ketones is 1. The molecule has 0 bridgehead atoms. The van der Waals surface area contributed by atoms with Gasteiger partial charge in [-0.2, -0.15) is 5.26 Å². The van der Waals surface area contributed by atoms with Crippen molar-refractivity contribution in [2.45, 2.75) is 5.92 Å². The van der Waals surface area contributed by atoms with Gasteiger partial charge in [0.25, 0.3) is 0 Å². The van der Waals surface area contributed by atoms with Crippen molar-refractivity contribution < 1.29 is 9.53 Å². The van der Waals surface area contributed by atoms with Gasteiger partial charge >= 0.3 is 0 Å². The number of thiophene rings is 2. The number of carbonyl (C=O) groups is 1. The van der Waals surface area contributed by atoms with Crippen molar-refractivity contribution in [3.05, 3.63) is 38.7 Å². The predicted octanol–water partition coefficient (Wildman–Crippen LogP) is 3.31. The van der Waals surface area contributed by atoms with Crippen LogP contribution in [0, 0.1) is 11.3 Å². The largest absolute Gasteiger partial charge is 0.496 e. The van der Waals surface area contributed by atoms with Crippen molar-refractivity contribution in [2.24, 2.45) is 0 Å². The molecule has 0 saturated heterocycles. The molecule has 0 spiro atoms. The summed E-state index contributed by atoms with van der Waals surface area (Å²) in [5, 5.41) is 12.7. The van der Waals surface area contributed by atoms with Gasteiger partial charge in [0.1, 0.15) is 11.7 Å². The Labute approximate surface area is 107 Å². The first-order valence-corrected chi connectivity index (χ1v) is 6.62.